The Morgan fingerprint density at radius 2 is 1.71 bits per heavy atom. The van der Waals surface area contributed by atoms with E-state index in [0.29, 0.717) is 22.0 Å². The Morgan fingerprint density at radius 3 is 2.40 bits per heavy atom. The molecule has 0 aliphatic carbocycles. The van der Waals surface area contributed by atoms with Gasteiger partial charge in [0, 0.05) is 23.2 Å². The van der Waals surface area contributed by atoms with Crippen molar-refractivity contribution in [3.05, 3.63) is 110 Å². The molecule has 0 fully saturated rings. The van der Waals surface area contributed by atoms with Gasteiger partial charge in [-0.25, -0.2) is 9.48 Å². The van der Waals surface area contributed by atoms with E-state index in [1.54, 1.807) is 31.2 Å². The quantitative estimate of drug-likeness (QED) is 0.247. The summed E-state index contributed by atoms with van der Waals surface area (Å²) in [4.78, 5) is 48.5. The third kappa shape index (κ3) is 5.22. The molecule has 0 aliphatic rings. The van der Waals surface area contributed by atoms with Crippen molar-refractivity contribution in [1.82, 2.24) is 9.78 Å². The van der Waals surface area contributed by atoms with Gasteiger partial charge in [0.1, 0.15) is 0 Å². The number of hydrogen-bond acceptors (Lipinski definition) is 7. The number of aryl methyl sites for hydroxylation is 1. The van der Waals surface area contributed by atoms with Gasteiger partial charge >= 0.3 is 5.97 Å². The summed E-state index contributed by atoms with van der Waals surface area (Å²) < 4.78 is 6.37. The third-order valence-electron chi connectivity index (χ3n) is 5.27. The fourth-order valence-corrected chi connectivity index (χ4v) is 3.54. The molecule has 0 radical (unpaired) electrons. The summed E-state index contributed by atoms with van der Waals surface area (Å²) >= 11 is 0. The highest BCUT2D eigenvalue weighted by Crippen LogP contribution is 2.21. The molecule has 10 heteroatoms. The summed E-state index contributed by atoms with van der Waals surface area (Å²) in [5, 5.41) is 18.3. The molecule has 35 heavy (non-hydrogen) atoms. The number of aromatic nitrogens is 2. The van der Waals surface area contributed by atoms with Crippen molar-refractivity contribution in [3.63, 3.8) is 0 Å². The molecule has 4 rings (SSSR count). The van der Waals surface area contributed by atoms with Crippen LogP contribution < -0.4 is 10.9 Å². The fourth-order valence-electron chi connectivity index (χ4n) is 3.54. The molecular formula is C25H20N4O6. The van der Waals surface area contributed by atoms with Crippen LogP contribution in [0.3, 0.4) is 0 Å². The Bertz CT molecular complexity index is 1500. The van der Waals surface area contributed by atoms with Crippen molar-refractivity contribution in [3.8, 4) is 0 Å². The zero-order valence-corrected chi connectivity index (χ0v) is 18.6. The predicted octanol–water partition coefficient (Wildman–Crippen LogP) is 3.46. The molecule has 176 valence electrons. The molecule has 0 bridgehead atoms. The number of rotatable bonds is 7. The van der Waals surface area contributed by atoms with Crippen LogP contribution in [-0.4, -0.2) is 33.2 Å². The van der Waals surface area contributed by atoms with Crippen LogP contribution in [-0.2, 0) is 16.1 Å². The Balaban J connectivity index is 1.53. The van der Waals surface area contributed by atoms with E-state index in [9.17, 15) is 24.5 Å². The number of amides is 1. The first-order valence-electron chi connectivity index (χ1n) is 10.6. The number of nitro groups is 1. The lowest BCUT2D eigenvalue weighted by molar-refractivity contribution is -0.384. The van der Waals surface area contributed by atoms with Crippen molar-refractivity contribution in [1.29, 1.82) is 0 Å². The predicted molar refractivity (Wildman–Crippen MR) is 128 cm³/mol. The average molecular weight is 472 g/mol. The van der Waals surface area contributed by atoms with Gasteiger partial charge in [-0.15, -0.1) is 0 Å². The fraction of sp³-hybridized carbons (Fsp3) is 0.120. The molecule has 0 atom stereocenters. The minimum atomic E-state index is -0.862. The maximum atomic E-state index is 12.9. The summed E-state index contributed by atoms with van der Waals surface area (Å²) in [5.41, 5.74) is 1.13. The van der Waals surface area contributed by atoms with Gasteiger partial charge < -0.3 is 10.1 Å². The highest BCUT2D eigenvalue weighted by atomic mass is 16.6. The van der Waals surface area contributed by atoms with E-state index in [1.165, 1.54) is 22.9 Å². The van der Waals surface area contributed by atoms with Crippen molar-refractivity contribution in [2.24, 2.45) is 0 Å². The monoisotopic (exact) mass is 472 g/mol. The third-order valence-corrected chi connectivity index (χ3v) is 5.27. The van der Waals surface area contributed by atoms with E-state index in [2.05, 4.69) is 10.4 Å². The molecule has 0 spiro atoms. The molecule has 3 aromatic carbocycles. The SMILES string of the molecule is Cc1cc([N+](=O)[O-])ccc1NC(=O)COC(=O)c1nn(Cc2ccccc2)c(=O)c2ccccc12. The Hall–Kier alpha value is -4.86. The number of nitrogens with zero attached hydrogens (tertiary/aromatic N) is 3. The van der Waals surface area contributed by atoms with Crippen molar-refractivity contribution in [2.75, 3.05) is 11.9 Å². The van der Waals surface area contributed by atoms with Crippen LogP contribution in [0.4, 0.5) is 11.4 Å². The number of non-ortho nitro benzene ring substituents is 1. The summed E-state index contributed by atoms with van der Waals surface area (Å²) in [6.07, 6.45) is 0. The van der Waals surface area contributed by atoms with E-state index in [-0.39, 0.29) is 23.5 Å². The molecule has 1 aromatic heterocycles. The molecule has 0 unspecified atom stereocenters. The normalized spacial score (nSPS) is 10.7. The maximum absolute atomic E-state index is 12.9. The van der Waals surface area contributed by atoms with Gasteiger partial charge in [0.2, 0.25) is 0 Å². The number of nitrogens with one attached hydrogen (secondary N) is 1. The smallest absolute Gasteiger partial charge is 0.359 e. The lowest BCUT2D eigenvalue weighted by Gasteiger charge is -2.12. The highest BCUT2D eigenvalue weighted by Gasteiger charge is 2.19. The standard InChI is InChI=1S/C25H20N4O6/c1-16-13-18(29(33)34)11-12-21(16)26-22(30)15-35-25(32)23-19-9-5-6-10-20(19)24(31)28(27-23)14-17-7-3-2-4-8-17/h2-13H,14-15H2,1H3,(H,26,30). The van der Waals surface area contributed by atoms with Crippen LogP contribution in [0.25, 0.3) is 10.8 Å². The minimum absolute atomic E-state index is 0.0875. The maximum Gasteiger partial charge on any atom is 0.359 e. The Kier molecular flexibility index (Phi) is 6.63. The van der Waals surface area contributed by atoms with Gasteiger partial charge in [0.05, 0.1) is 16.9 Å². The second kappa shape index (κ2) is 9.96. The first kappa shape index (κ1) is 23.3. The lowest BCUT2D eigenvalue weighted by atomic mass is 10.1. The summed E-state index contributed by atoms with van der Waals surface area (Å²) in [6.45, 7) is 1.16. The van der Waals surface area contributed by atoms with Crippen molar-refractivity contribution >= 4 is 34.0 Å². The number of esters is 1. The minimum Gasteiger partial charge on any atom is -0.451 e. The molecule has 0 aliphatic heterocycles. The topological polar surface area (TPSA) is 133 Å². The van der Waals surface area contributed by atoms with Gasteiger partial charge in [-0.1, -0.05) is 48.5 Å². The Morgan fingerprint density at radius 1 is 1.03 bits per heavy atom. The first-order chi connectivity index (χ1) is 16.8. The zero-order chi connectivity index (χ0) is 24.9. The molecule has 1 amide bonds. The Labute approximate surface area is 198 Å². The van der Waals surface area contributed by atoms with Gasteiger partial charge in [0.25, 0.3) is 17.2 Å². The van der Waals surface area contributed by atoms with Crippen molar-refractivity contribution < 1.29 is 19.2 Å². The van der Waals surface area contributed by atoms with Gasteiger partial charge in [-0.2, -0.15) is 5.10 Å². The number of fused-ring (bicyclic) bond motifs is 1. The summed E-state index contributed by atoms with van der Waals surface area (Å²) in [6, 6.07) is 19.7. The number of anilines is 1. The zero-order valence-electron chi connectivity index (χ0n) is 18.6. The van der Waals surface area contributed by atoms with Crippen LogP contribution in [0.15, 0.2) is 77.6 Å². The van der Waals surface area contributed by atoms with Crippen LogP contribution >= 0.6 is 0 Å². The summed E-state index contributed by atoms with van der Waals surface area (Å²) in [5.74, 6) is -1.49. The van der Waals surface area contributed by atoms with E-state index in [0.717, 1.165) is 5.56 Å². The number of hydrogen-bond donors (Lipinski definition) is 1. The van der Waals surface area contributed by atoms with Crippen LogP contribution in [0.2, 0.25) is 0 Å². The van der Waals surface area contributed by atoms with Crippen LogP contribution in [0.1, 0.15) is 21.6 Å². The largest absolute Gasteiger partial charge is 0.451 e. The van der Waals surface area contributed by atoms with Gasteiger partial charge in [-0.3, -0.25) is 19.7 Å². The second-order valence-corrected chi connectivity index (χ2v) is 7.72. The first-order valence-corrected chi connectivity index (χ1v) is 10.6. The van der Waals surface area contributed by atoms with Crippen LogP contribution in [0, 0.1) is 17.0 Å². The number of carbonyl (C=O) groups excluding carboxylic acids is 2. The van der Waals surface area contributed by atoms with Crippen LogP contribution in [0.5, 0.6) is 0 Å². The number of nitro benzene ring substituents is 1. The molecule has 1 N–H and O–H groups in total. The molecule has 0 saturated heterocycles. The molecule has 4 aromatic rings. The lowest BCUT2D eigenvalue weighted by Crippen LogP contribution is -2.28. The van der Waals surface area contributed by atoms with E-state index >= 15 is 0 Å². The van der Waals surface area contributed by atoms with Crippen molar-refractivity contribution in [2.45, 2.75) is 13.5 Å². The second-order valence-electron chi connectivity index (χ2n) is 7.72. The van der Waals surface area contributed by atoms with Gasteiger partial charge in [-0.05, 0) is 30.2 Å². The molecule has 0 saturated carbocycles. The van der Waals surface area contributed by atoms with E-state index in [1.807, 2.05) is 30.3 Å². The molecule has 1 heterocycles. The van der Waals surface area contributed by atoms with E-state index < -0.39 is 23.4 Å². The summed E-state index contributed by atoms with van der Waals surface area (Å²) in [7, 11) is 0. The van der Waals surface area contributed by atoms with Gasteiger partial charge in [0.15, 0.2) is 12.3 Å². The number of benzene rings is 3. The number of carbonyl (C=O) groups is 2. The molecular weight excluding hydrogens is 452 g/mol. The highest BCUT2D eigenvalue weighted by molar-refractivity contribution is 6.03. The number of ether oxygens (including phenoxy) is 1. The van der Waals surface area contributed by atoms with E-state index in [4.69, 9.17) is 4.74 Å². The molecule has 10 nitrogen and oxygen atoms in total. The average Bonchev–Trinajstić information content (AvgIpc) is 2.86.